The predicted octanol–water partition coefficient (Wildman–Crippen LogP) is 15.7. The number of nitrogens with zero attached hydrogens (tertiary/aromatic N) is 1. The van der Waals surface area contributed by atoms with Gasteiger partial charge in [-0.15, -0.1) is 0 Å². The minimum atomic E-state index is -0.287. The Hall–Kier alpha value is -2.20. The third kappa shape index (κ3) is 27.0. The van der Waals surface area contributed by atoms with Gasteiger partial charge < -0.3 is 9.47 Å². The maximum Gasteiger partial charge on any atom is 0.160 e. The lowest BCUT2D eigenvalue weighted by molar-refractivity contribution is -0.122. The highest BCUT2D eigenvalue weighted by molar-refractivity contribution is 5.94. The molecule has 0 aromatic heterocycles. The number of likely N-dealkylation sites (tertiary alicyclic amines) is 1. The lowest BCUT2D eigenvalue weighted by Gasteiger charge is -2.28. The van der Waals surface area contributed by atoms with Crippen molar-refractivity contribution in [2.75, 3.05) is 32.9 Å². The molecule has 0 aromatic carbocycles. The topological polar surface area (TPSA) is 55.8 Å². The molecule has 5 nitrogen and oxygen atoms in total. The number of hydrogen-bond acceptors (Lipinski definition) is 5. The molecule has 1 aliphatic heterocycles. The zero-order chi connectivity index (χ0) is 44.3. The van der Waals surface area contributed by atoms with Crippen LogP contribution in [0.5, 0.6) is 0 Å². The van der Waals surface area contributed by atoms with Gasteiger partial charge in [0.25, 0.3) is 0 Å². The van der Waals surface area contributed by atoms with Gasteiger partial charge in [0.1, 0.15) is 5.76 Å². The van der Waals surface area contributed by atoms with Crippen LogP contribution in [0.2, 0.25) is 0 Å². The van der Waals surface area contributed by atoms with Crippen molar-refractivity contribution in [1.82, 2.24) is 4.90 Å². The molecule has 0 saturated carbocycles. The van der Waals surface area contributed by atoms with Crippen molar-refractivity contribution in [1.29, 1.82) is 0 Å². The van der Waals surface area contributed by atoms with Crippen molar-refractivity contribution in [3.8, 4) is 0 Å². The Kier molecular flexibility index (Phi) is 32.8. The molecule has 1 saturated heterocycles. The maximum absolute atomic E-state index is 12.8. The molecule has 0 spiro atoms. The van der Waals surface area contributed by atoms with Crippen LogP contribution in [-0.4, -0.2) is 55.4 Å². The van der Waals surface area contributed by atoms with E-state index in [0.29, 0.717) is 18.4 Å². The van der Waals surface area contributed by atoms with Crippen LogP contribution in [0.1, 0.15) is 222 Å². The Morgan fingerprint density at radius 3 is 2.05 bits per heavy atom. The summed E-state index contributed by atoms with van der Waals surface area (Å²) in [7, 11) is 0. The average molecular weight is 836 g/mol. The van der Waals surface area contributed by atoms with E-state index in [2.05, 4.69) is 90.0 Å². The van der Waals surface area contributed by atoms with Crippen LogP contribution in [0, 0.1) is 22.7 Å². The van der Waals surface area contributed by atoms with E-state index in [1.807, 2.05) is 19.1 Å². The normalized spacial score (nSPS) is 16.6. The van der Waals surface area contributed by atoms with Gasteiger partial charge in [-0.25, -0.2) is 0 Å². The van der Waals surface area contributed by atoms with E-state index in [1.165, 1.54) is 77.0 Å². The molecule has 1 rings (SSSR count). The van der Waals surface area contributed by atoms with Crippen molar-refractivity contribution in [2.45, 2.75) is 228 Å². The third-order valence-corrected chi connectivity index (χ3v) is 12.9. The summed E-state index contributed by atoms with van der Waals surface area (Å²) in [4.78, 5) is 28.0. The first-order chi connectivity index (χ1) is 28.9. The first-order valence-corrected chi connectivity index (χ1v) is 25.3. The molecule has 0 aliphatic carbocycles. The van der Waals surface area contributed by atoms with Gasteiger partial charge in [-0.1, -0.05) is 175 Å². The Morgan fingerprint density at radius 1 is 0.733 bits per heavy atom. The van der Waals surface area contributed by atoms with Crippen molar-refractivity contribution in [2.24, 2.45) is 22.7 Å². The van der Waals surface area contributed by atoms with E-state index in [0.717, 1.165) is 128 Å². The van der Waals surface area contributed by atoms with Crippen LogP contribution in [0.25, 0.3) is 0 Å². The highest BCUT2D eigenvalue weighted by Crippen LogP contribution is 2.34. The van der Waals surface area contributed by atoms with Crippen LogP contribution < -0.4 is 0 Å². The molecule has 2 atom stereocenters. The summed E-state index contributed by atoms with van der Waals surface area (Å²) >= 11 is 0. The van der Waals surface area contributed by atoms with Gasteiger partial charge in [-0.05, 0) is 108 Å². The summed E-state index contributed by atoms with van der Waals surface area (Å²) in [6.07, 6.45) is 42.0. The molecule has 60 heavy (non-hydrogen) atoms. The quantitative estimate of drug-likeness (QED) is 0.0202. The number of carbonyl (C=O) groups is 2. The number of rotatable bonds is 40. The molecule has 1 aliphatic rings. The lowest BCUT2D eigenvalue weighted by atomic mass is 9.82. The number of ketones is 2. The largest absolute Gasteiger partial charge is 0.489 e. The molecule has 0 bridgehead atoms. The van der Waals surface area contributed by atoms with Crippen LogP contribution in [0.3, 0.4) is 0 Å². The molecule has 5 heteroatoms. The second kappa shape index (κ2) is 35.3. The predicted molar refractivity (Wildman–Crippen MR) is 259 cm³/mol. The monoisotopic (exact) mass is 836 g/mol. The van der Waals surface area contributed by atoms with Crippen molar-refractivity contribution in [3.63, 3.8) is 0 Å². The van der Waals surface area contributed by atoms with E-state index in [9.17, 15) is 9.59 Å². The van der Waals surface area contributed by atoms with Gasteiger partial charge in [-0.2, -0.15) is 0 Å². The van der Waals surface area contributed by atoms with Crippen molar-refractivity contribution < 1.29 is 19.1 Å². The van der Waals surface area contributed by atoms with Crippen LogP contribution in [0.15, 0.2) is 54.5 Å². The highest BCUT2D eigenvalue weighted by Gasteiger charge is 2.31. The fourth-order valence-corrected chi connectivity index (χ4v) is 8.72. The van der Waals surface area contributed by atoms with E-state index in [-0.39, 0.29) is 22.4 Å². The van der Waals surface area contributed by atoms with E-state index >= 15 is 0 Å². The van der Waals surface area contributed by atoms with Crippen molar-refractivity contribution >= 4 is 11.6 Å². The summed E-state index contributed by atoms with van der Waals surface area (Å²) in [5, 5.41) is 0. The minimum Gasteiger partial charge on any atom is -0.489 e. The summed E-state index contributed by atoms with van der Waals surface area (Å²) < 4.78 is 12.7. The Balaban J connectivity index is 2.61. The number of carbonyl (C=O) groups excluding carboxylic acids is 2. The summed E-state index contributed by atoms with van der Waals surface area (Å²) in [5.74, 6) is 2.65. The van der Waals surface area contributed by atoms with Crippen molar-refractivity contribution in [3.05, 3.63) is 54.5 Å². The maximum atomic E-state index is 12.8. The zero-order valence-electron chi connectivity index (χ0n) is 40.9. The Bertz CT molecular complexity index is 1230. The molecule has 0 unspecified atom stereocenters. The minimum absolute atomic E-state index is 0.0916. The Morgan fingerprint density at radius 2 is 1.37 bits per heavy atom. The smallest absolute Gasteiger partial charge is 0.160 e. The Labute approximate surface area is 372 Å². The molecule has 0 amide bonds. The molecule has 346 valence electrons. The summed E-state index contributed by atoms with van der Waals surface area (Å²) in [5.41, 5.74) is 2.80. The summed E-state index contributed by atoms with van der Waals surface area (Å²) in [6, 6.07) is 0.374. The van der Waals surface area contributed by atoms with E-state index in [4.69, 9.17) is 9.47 Å². The van der Waals surface area contributed by atoms with Crippen LogP contribution in [0.4, 0.5) is 0 Å². The standard InChI is InChI=1S/C55H97NO4/c1-10-15-19-21-27-37-52(58)54(6,7)40-28-22-23-31-43-59-47-50-45-49(38-39-51(57)36-26-20-16-11-2)46-56(50)42-30-29-41-55(8,9)53(14-5)60-44-32-35-48(33-24-17-12-3)34-25-18-13-4/h11,16,27,37-39,48-50H,5,10,12-13,15,17-26,28-36,40-47H2,1-4,6-9H3/b16-11+,37-27-,39-38+/t49-,50-/m0/s1. The molecular formula is C55H97NO4. The lowest BCUT2D eigenvalue weighted by Crippen LogP contribution is -2.34. The molecule has 1 heterocycles. The van der Waals surface area contributed by atoms with Gasteiger partial charge >= 0.3 is 0 Å². The second-order valence-corrected chi connectivity index (χ2v) is 19.5. The molecular weight excluding hydrogens is 739 g/mol. The number of ether oxygens (including phenoxy) is 2. The van der Waals surface area contributed by atoms with Gasteiger partial charge in [0.15, 0.2) is 11.6 Å². The first-order valence-electron chi connectivity index (χ1n) is 25.3. The average Bonchev–Trinajstić information content (AvgIpc) is 3.62. The molecule has 0 N–H and O–H groups in total. The number of allylic oxidation sites excluding steroid dienone is 6. The SMILES string of the molecule is C=C=C(OCCCC(CCCCC)CCCCC)C(C)(C)CCCCN1C[C@@H](/C=C/C(=O)CCC/C=C/C)C[C@H]1COCCCCCCC(C)(C)C(=O)/C=C\CCCCC. The number of hydrogen-bond donors (Lipinski definition) is 0. The van der Waals surface area contributed by atoms with Gasteiger partial charge in [0, 0.05) is 36.4 Å². The number of unbranched alkanes of at least 4 members (excludes halogenated alkanes) is 12. The first kappa shape index (κ1) is 55.8. The van der Waals surface area contributed by atoms with Gasteiger partial charge in [0.2, 0.25) is 0 Å². The fourth-order valence-electron chi connectivity index (χ4n) is 8.72. The van der Waals surface area contributed by atoms with Crippen LogP contribution >= 0.6 is 0 Å². The van der Waals surface area contributed by atoms with Crippen LogP contribution in [-0.2, 0) is 19.1 Å². The van der Waals surface area contributed by atoms with Gasteiger partial charge in [0.05, 0.1) is 13.2 Å². The highest BCUT2D eigenvalue weighted by atomic mass is 16.5. The molecule has 0 radical (unpaired) electrons. The van der Waals surface area contributed by atoms with Gasteiger partial charge in [-0.3, -0.25) is 14.5 Å². The van der Waals surface area contributed by atoms with E-state index in [1.54, 1.807) is 0 Å². The second-order valence-electron chi connectivity index (χ2n) is 19.5. The third-order valence-electron chi connectivity index (χ3n) is 12.9. The summed E-state index contributed by atoms with van der Waals surface area (Å²) in [6.45, 7) is 26.0. The fraction of sp³-hybridized carbons (Fsp3) is 0.800. The molecule has 0 aromatic rings. The zero-order valence-corrected chi connectivity index (χ0v) is 40.9. The van der Waals surface area contributed by atoms with E-state index < -0.39 is 0 Å². The molecule has 1 fully saturated rings.